The summed E-state index contributed by atoms with van der Waals surface area (Å²) in [5, 5.41) is 3.01. The van der Waals surface area contributed by atoms with Crippen molar-refractivity contribution in [3.63, 3.8) is 0 Å². The summed E-state index contributed by atoms with van der Waals surface area (Å²) < 4.78 is 1.48. The summed E-state index contributed by atoms with van der Waals surface area (Å²) in [7, 11) is 1.69. The molecule has 1 aromatic heterocycles. The monoisotopic (exact) mass is 244 g/mol. The van der Waals surface area contributed by atoms with E-state index in [-0.39, 0.29) is 5.56 Å². The first-order chi connectivity index (χ1) is 8.70. The highest BCUT2D eigenvalue weighted by Crippen LogP contribution is 2.12. The van der Waals surface area contributed by atoms with Gasteiger partial charge in [-0.2, -0.15) is 0 Å². The summed E-state index contributed by atoms with van der Waals surface area (Å²) in [6.45, 7) is 0.632. The molecule has 2 aromatic rings. The molecule has 0 saturated heterocycles. The first kappa shape index (κ1) is 12.3. The average Bonchev–Trinajstić information content (AvgIpc) is 2.38. The Kier molecular flexibility index (Phi) is 3.74. The summed E-state index contributed by atoms with van der Waals surface area (Å²) in [5.41, 5.74) is 7.36. The van der Waals surface area contributed by atoms with Gasteiger partial charge in [0.25, 0.3) is 5.56 Å². The molecule has 0 spiro atoms. The van der Waals surface area contributed by atoms with E-state index >= 15 is 0 Å². The van der Waals surface area contributed by atoms with Crippen LogP contribution in [0, 0.1) is 0 Å². The van der Waals surface area contributed by atoms with Gasteiger partial charge in [0, 0.05) is 25.1 Å². The van der Waals surface area contributed by atoms with E-state index < -0.39 is 0 Å². The van der Waals surface area contributed by atoms with Crippen molar-refractivity contribution in [3.8, 4) is 0 Å². The van der Waals surface area contributed by atoms with Crippen molar-refractivity contribution in [1.29, 1.82) is 0 Å². The standard InChI is InChI=1S/C13H16N4O/c1-17-9-8-15-12(13(17)18)16-11-4-2-10(3-5-11)6-7-14/h2-5,8-9H,6-7,14H2,1H3,(H,15,16). The van der Waals surface area contributed by atoms with E-state index in [4.69, 9.17) is 5.73 Å². The molecule has 0 aliphatic rings. The van der Waals surface area contributed by atoms with Gasteiger partial charge in [0.15, 0.2) is 5.82 Å². The van der Waals surface area contributed by atoms with Crippen LogP contribution >= 0.6 is 0 Å². The van der Waals surface area contributed by atoms with Crippen LogP contribution in [0.2, 0.25) is 0 Å². The highest BCUT2D eigenvalue weighted by molar-refractivity contribution is 5.55. The van der Waals surface area contributed by atoms with Gasteiger partial charge in [0.05, 0.1) is 0 Å². The lowest BCUT2D eigenvalue weighted by Crippen LogP contribution is -2.20. The molecule has 1 aromatic carbocycles. The fraction of sp³-hybridized carbons (Fsp3) is 0.231. The summed E-state index contributed by atoms with van der Waals surface area (Å²) >= 11 is 0. The van der Waals surface area contributed by atoms with Crippen LogP contribution in [0.1, 0.15) is 5.56 Å². The van der Waals surface area contributed by atoms with Crippen LogP contribution in [0.3, 0.4) is 0 Å². The third-order valence-corrected chi connectivity index (χ3v) is 2.67. The van der Waals surface area contributed by atoms with Crippen LogP contribution < -0.4 is 16.6 Å². The van der Waals surface area contributed by atoms with E-state index in [1.807, 2.05) is 24.3 Å². The molecule has 2 rings (SSSR count). The normalized spacial score (nSPS) is 10.3. The predicted octanol–water partition coefficient (Wildman–Crippen LogP) is 1.03. The third kappa shape index (κ3) is 2.75. The zero-order chi connectivity index (χ0) is 13.0. The Morgan fingerprint density at radius 2 is 2.06 bits per heavy atom. The molecule has 94 valence electrons. The summed E-state index contributed by atoms with van der Waals surface area (Å²) in [4.78, 5) is 15.8. The van der Waals surface area contributed by atoms with Crippen molar-refractivity contribution in [2.75, 3.05) is 11.9 Å². The van der Waals surface area contributed by atoms with E-state index in [0.717, 1.165) is 12.1 Å². The van der Waals surface area contributed by atoms with E-state index in [9.17, 15) is 4.79 Å². The number of benzene rings is 1. The lowest BCUT2D eigenvalue weighted by molar-refractivity contribution is 0.845. The van der Waals surface area contributed by atoms with Gasteiger partial charge in [0.1, 0.15) is 0 Å². The Hall–Kier alpha value is -2.14. The van der Waals surface area contributed by atoms with Crippen molar-refractivity contribution in [3.05, 3.63) is 52.6 Å². The van der Waals surface area contributed by atoms with E-state index in [2.05, 4.69) is 10.3 Å². The fourth-order valence-corrected chi connectivity index (χ4v) is 1.64. The number of nitrogens with zero attached hydrogens (tertiary/aromatic N) is 2. The number of nitrogens with one attached hydrogen (secondary N) is 1. The molecule has 0 unspecified atom stereocenters. The number of nitrogens with two attached hydrogens (primary N) is 1. The number of anilines is 2. The van der Waals surface area contributed by atoms with Crippen molar-refractivity contribution in [1.82, 2.24) is 9.55 Å². The Morgan fingerprint density at radius 3 is 2.72 bits per heavy atom. The second kappa shape index (κ2) is 5.46. The van der Waals surface area contributed by atoms with Crippen LogP contribution in [0.15, 0.2) is 41.5 Å². The molecule has 3 N–H and O–H groups in total. The summed E-state index contributed by atoms with van der Waals surface area (Å²) in [6, 6.07) is 7.81. The number of aromatic nitrogens is 2. The molecule has 0 aliphatic heterocycles. The number of rotatable bonds is 4. The zero-order valence-electron chi connectivity index (χ0n) is 10.3. The summed E-state index contributed by atoms with van der Waals surface area (Å²) in [6.07, 6.45) is 4.07. The third-order valence-electron chi connectivity index (χ3n) is 2.67. The quantitative estimate of drug-likeness (QED) is 0.842. The largest absolute Gasteiger partial charge is 0.336 e. The maximum absolute atomic E-state index is 11.8. The van der Waals surface area contributed by atoms with Crippen molar-refractivity contribution < 1.29 is 0 Å². The maximum atomic E-state index is 11.8. The van der Waals surface area contributed by atoms with E-state index in [1.165, 1.54) is 10.1 Å². The van der Waals surface area contributed by atoms with Crippen molar-refractivity contribution in [2.45, 2.75) is 6.42 Å². The smallest absolute Gasteiger partial charge is 0.293 e. The molecule has 0 radical (unpaired) electrons. The Labute approximate surface area is 105 Å². The highest BCUT2D eigenvalue weighted by Gasteiger charge is 2.02. The SMILES string of the molecule is Cn1ccnc(Nc2ccc(CCN)cc2)c1=O. The molecule has 0 aliphatic carbocycles. The van der Waals surface area contributed by atoms with Gasteiger partial charge in [-0.25, -0.2) is 4.98 Å². The molecular weight excluding hydrogens is 228 g/mol. The first-order valence-corrected chi connectivity index (χ1v) is 5.78. The van der Waals surface area contributed by atoms with Crippen molar-refractivity contribution >= 4 is 11.5 Å². The Balaban J connectivity index is 2.18. The second-order valence-corrected chi connectivity index (χ2v) is 4.05. The average molecular weight is 244 g/mol. The van der Waals surface area contributed by atoms with E-state index in [0.29, 0.717) is 12.4 Å². The summed E-state index contributed by atoms with van der Waals surface area (Å²) in [5.74, 6) is 0.326. The molecule has 0 atom stereocenters. The topological polar surface area (TPSA) is 72.9 Å². The van der Waals surface area contributed by atoms with Gasteiger partial charge in [-0.05, 0) is 30.7 Å². The minimum atomic E-state index is -0.150. The molecule has 1 heterocycles. The molecule has 0 fully saturated rings. The first-order valence-electron chi connectivity index (χ1n) is 5.78. The van der Waals surface area contributed by atoms with Gasteiger partial charge in [0.2, 0.25) is 0 Å². The van der Waals surface area contributed by atoms with Crippen LogP contribution in [0.25, 0.3) is 0 Å². The van der Waals surface area contributed by atoms with Gasteiger partial charge in [-0.3, -0.25) is 4.79 Å². The van der Waals surface area contributed by atoms with Gasteiger partial charge in [-0.1, -0.05) is 12.1 Å². The van der Waals surface area contributed by atoms with Crippen LogP contribution in [-0.4, -0.2) is 16.1 Å². The minimum Gasteiger partial charge on any atom is -0.336 e. The Morgan fingerprint density at radius 1 is 1.33 bits per heavy atom. The molecular formula is C13H16N4O. The molecule has 5 heteroatoms. The number of aryl methyl sites for hydroxylation is 1. The molecule has 0 bridgehead atoms. The van der Waals surface area contributed by atoms with Gasteiger partial charge >= 0.3 is 0 Å². The van der Waals surface area contributed by atoms with Gasteiger partial charge < -0.3 is 15.6 Å². The van der Waals surface area contributed by atoms with Crippen molar-refractivity contribution in [2.24, 2.45) is 12.8 Å². The second-order valence-electron chi connectivity index (χ2n) is 4.05. The minimum absolute atomic E-state index is 0.150. The fourth-order valence-electron chi connectivity index (χ4n) is 1.64. The lowest BCUT2D eigenvalue weighted by Gasteiger charge is -2.06. The number of hydrogen-bond acceptors (Lipinski definition) is 4. The van der Waals surface area contributed by atoms with E-state index in [1.54, 1.807) is 19.4 Å². The molecule has 18 heavy (non-hydrogen) atoms. The molecule has 5 nitrogen and oxygen atoms in total. The predicted molar refractivity (Wildman–Crippen MR) is 72.0 cm³/mol. The van der Waals surface area contributed by atoms with Gasteiger partial charge in [-0.15, -0.1) is 0 Å². The Bertz CT molecular complexity index is 574. The molecule has 0 amide bonds. The van der Waals surface area contributed by atoms with Crippen LogP contribution in [0.4, 0.5) is 11.5 Å². The zero-order valence-corrected chi connectivity index (χ0v) is 10.3. The van der Waals surface area contributed by atoms with Crippen LogP contribution in [0.5, 0.6) is 0 Å². The molecule has 0 saturated carbocycles. The van der Waals surface area contributed by atoms with Crippen LogP contribution in [-0.2, 0) is 13.5 Å². The number of hydrogen-bond donors (Lipinski definition) is 2. The lowest BCUT2D eigenvalue weighted by atomic mass is 10.1. The highest BCUT2D eigenvalue weighted by atomic mass is 16.1. The maximum Gasteiger partial charge on any atom is 0.293 e.